The summed E-state index contributed by atoms with van der Waals surface area (Å²) in [6.45, 7) is 0. The van der Waals surface area contributed by atoms with Crippen molar-refractivity contribution >= 4 is 68.8 Å². The lowest BCUT2D eigenvalue weighted by molar-refractivity contribution is 0.102. The molecule has 116 valence electrons. The molecule has 0 saturated heterocycles. The molecule has 1 amide bonds. The predicted octanol–water partition coefficient (Wildman–Crippen LogP) is 4.03. The number of carbonyl (C=O) groups excluding carboxylic acids is 1. The van der Waals surface area contributed by atoms with Crippen molar-refractivity contribution in [3.63, 3.8) is 0 Å². The molecule has 23 heavy (non-hydrogen) atoms. The fourth-order valence-electron chi connectivity index (χ4n) is 1.56. The summed E-state index contributed by atoms with van der Waals surface area (Å²) < 4.78 is 3.74. The average Bonchev–Trinajstić information content (AvgIpc) is 3.20. The zero-order valence-corrected chi connectivity index (χ0v) is 14.4. The Hall–Kier alpha value is -1.87. The summed E-state index contributed by atoms with van der Waals surface area (Å²) in [5.74, 6) is -0.365. The van der Waals surface area contributed by atoms with E-state index in [1.807, 2.05) is 0 Å². The molecule has 1 N–H and O–H groups in total. The van der Waals surface area contributed by atoms with Gasteiger partial charge in [0.05, 0.1) is 10.7 Å². The highest BCUT2D eigenvalue weighted by molar-refractivity contribution is 7.15. The van der Waals surface area contributed by atoms with E-state index in [9.17, 15) is 4.79 Å². The van der Waals surface area contributed by atoms with Gasteiger partial charge in [-0.15, -0.1) is 15.3 Å². The van der Waals surface area contributed by atoms with Gasteiger partial charge < -0.3 is 5.32 Å². The average molecular weight is 384 g/mol. The summed E-state index contributed by atoms with van der Waals surface area (Å²) in [5, 5.41) is 17.7. The lowest BCUT2D eigenvalue weighted by Gasteiger charge is -2.01. The van der Waals surface area contributed by atoms with Crippen LogP contribution in [0.1, 0.15) is 20.5 Å². The van der Waals surface area contributed by atoms with E-state index in [1.165, 1.54) is 11.5 Å². The minimum absolute atomic E-state index is 0.206. The summed E-state index contributed by atoms with van der Waals surface area (Å²) in [7, 11) is 0. The third-order valence-electron chi connectivity index (χ3n) is 2.58. The fraction of sp³-hybridized carbons (Fsp3) is 0. The second-order valence-electron chi connectivity index (χ2n) is 4.20. The number of amides is 1. The minimum Gasteiger partial charge on any atom is -0.320 e. The Morgan fingerprint density at radius 3 is 2.57 bits per heavy atom. The quantitative estimate of drug-likeness (QED) is 0.735. The van der Waals surface area contributed by atoms with Crippen LogP contribution in [-0.4, -0.2) is 25.7 Å². The van der Waals surface area contributed by atoms with E-state index < -0.39 is 0 Å². The summed E-state index contributed by atoms with van der Waals surface area (Å²) in [4.78, 5) is 12.1. The Bertz CT molecular complexity index is 846. The third-order valence-corrected chi connectivity index (χ3v) is 4.71. The van der Waals surface area contributed by atoms with Crippen LogP contribution in [0, 0.1) is 0 Å². The standard InChI is InChI=1S/C13H7Cl2N5OS2/c14-7-1-3-8(4-2-7)16-11(21)13-19-18-12(23-13)10(15)5-9-6-22-20-17-9/h1-6H,(H,16,21)/b10-5-. The zero-order chi connectivity index (χ0) is 16.2. The Morgan fingerprint density at radius 1 is 1.13 bits per heavy atom. The molecule has 0 aliphatic rings. The fourth-order valence-corrected chi connectivity index (χ4v) is 3.01. The van der Waals surface area contributed by atoms with Crippen LogP contribution < -0.4 is 5.32 Å². The summed E-state index contributed by atoms with van der Waals surface area (Å²) >= 11 is 14.3. The van der Waals surface area contributed by atoms with Gasteiger partial charge in [-0.3, -0.25) is 4.79 Å². The van der Waals surface area contributed by atoms with Crippen molar-refractivity contribution in [3.05, 3.63) is 50.4 Å². The molecule has 10 heteroatoms. The molecule has 2 heterocycles. The number of benzene rings is 1. The van der Waals surface area contributed by atoms with Gasteiger partial charge in [-0.2, -0.15) is 0 Å². The summed E-state index contributed by atoms with van der Waals surface area (Å²) in [6.07, 6.45) is 1.62. The van der Waals surface area contributed by atoms with E-state index in [1.54, 1.807) is 35.7 Å². The van der Waals surface area contributed by atoms with Crippen molar-refractivity contribution in [1.29, 1.82) is 0 Å². The van der Waals surface area contributed by atoms with Crippen LogP contribution >= 0.6 is 46.1 Å². The maximum Gasteiger partial charge on any atom is 0.286 e. The minimum atomic E-state index is -0.365. The number of hydrogen-bond acceptors (Lipinski definition) is 7. The number of anilines is 1. The van der Waals surface area contributed by atoms with E-state index in [4.69, 9.17) is 23.2 Å². The van der Waals surface area contributed by atoms with E-state index in [0.29, 0.717) is 26.4 Å². The van der Waals surface area contributed by atoms with E-state index in [-0.39, 0.29) is 10.9 Å². The molecule has 0 bridgehead atoms. The molecule has 1 aromatic carbocycles. The smallest absolute Gasteiger partial charge is 0.286 e. The van der Waals surface area contributed by atoms with Crippen molar-refractivity contribution in [2.24, 2.45) is 0 Å². The van der Waals surface area contributed by atoms with Gasteiger partial charge in [0, 0.05) is 16.1 Å². The van der Waals surface area contributed by atoms with Gasteiger partial charge in [-0.25, -0.2) is 0 Å². The molecule has 0 atom stereocenters. The Balaban J connectivity index is 1.73. The molecular weight excluding hydrogens is 377 g/mol. The van der Waals surface area contributed by atoms with Crippen molar-refractivity contribution < 1.29 is 4.79 Å². The largest absolute Gasteiger partial charge is 0.320 e. The van der Waals surface area contributed by atoms with Crippen molar-refractivity contribution in [3.8, 4) is 0 Å². The van der Waals surface area contributed by atoms with Crippen LogP contribution in [0.4, 0.5) is 5.69 Å². The second-order valence-corrected chi connectivity index (χ2v) is 6.63. The van der Waals surface area contributed by atoms with Crippen LogP contribution in [-0.2, 0) is 0 Å². The molecule has 0 spiro atoms. The van der Waals surface area contributed by atoms with Crippen LogP contribution in [0.15, 0.2) is 29.6 Å². The van der Waals surface area contributed by atoms with Crippen molar-refractivity contribution in [2.45, 2.75) is 0 Å². The molecule has 0 unspecified atom stereocenters. The molecule has 0 saturated carbocycles. The Kier molecular flexibility index (Phi) is 4.97. The lowest BCUT2D eigenvalue weighted by Crippen LogP contribution is -2.11. The van der Waals surface area contributed by atoms with Crippen LogP contribution in [0.2, 0.25) is 5.02 Å². The molecule has 6 nitrogen and oxygen atoms in total. The first kappa shape index (κ1) is 16.0. The first-order chi connectivity index (χ1) is 11.1. The predicted molar refractivity (Wildman–Crippen MR) is 92.9 cm³/mol. The van der Waals surface area contributed by atoms with Gasteiger partial charge in [-0.1, -0.05) is 39.0 Å². The Morgan fingerprint density at radius 2 is 1.87 bits per heavy atom. The van der Waals surface area contributed by atoms with Gasteiger partial charge in [0.15, 0.2) is 5.01 Å². The SMILES string of the molecule is O=C(Nc1ccc(Cl)cc1)c1nnc(/C(Cl)=C/c2csnn2)s1. The van der Waals surface area contributed by atoms with Crippen molar-refractivity contribution in [2.75, 3.05) is 5.32 Å². The van der Waals surface area contributed by atoms with Crippen LogP contribution in [0.5, 0.6) is 0 Å². The maximum atomic E-state index is 12.1. The van der Waals surface area contributed by atoms with Gasteiger partial charge in [0.1, 0.15) is 0 Å². The number of rotatable bonds is 4. The summed E-state index contributed by atoms with van der Waals surface area (Å²) in [6, 6.07) is 6.77. The van der Waals surface area contributed by atoms with Crippen LogP contribution in [0.25, 0.3) is 11.1 Å². The van der Waals surface area contributed by atoms with Gasteiger partial charge >= 0.3 is 0 Å². The highest BCUT2D eigenvalue weighted by Gasteiger charge is 2.15. The molecule has 0 radical (unpaired) electrons. The van der Waals surface area contributed by atoms with E-state index >= 15 is 0 Å². The highest BCUT2D eigenvalue weighted by Crippen LogP contribution is 2.25. The van der Waals surface area contributed by atoms with Crippen molar-refractivity contribution in [1.82, 2.24) is 19.8 Å². The number of nitrogens with zero attached hydrogens (tertiary/aromatic N) is 4. The topological polar surface area (TPSA) is 80.7 Å². The summed E-state index contributed by atoms with van der Waals surface area (Å²) in [5.41, 5.74) is 1.24. The first-order valence-electron chi connectivity index (χ1n) is 6.17. The number of carbonyl (C=O) groups is 1. The third kappa shape index (κ3) is 4.11. The van der Waals surface area contributed by atoms with E-state index in [0.717, 1.165) is 11.3 Å². The highest BCUT2D eigenvalue weighted by atomic mass is 35.5. The normalized spacial score (nSPS) is 11.5. The molecule has 3 rings (SSSR count). The molecule has 2 aromatic heterocycles. The molecule has 3 aromatic rings. The molecule has 0 aliphatic heterocycles. The zero-order valence-electron chi connectivity index (χ0n) is 11.2. The van der Waals surface area contributed by atoms with Gasteiger partial charge in [0.2, 0.25) is 5.01 Å². The lowest BCUT2D eigenvalue weighted by atomic mass is 10.3. The maximum absolute atomic E-state index is 12.1. The monoisotopic (exact) mass is 383 g/mol. The first-order valence-corrected chi connectivity index (χ1v) is 8.58. The molecule has 0 aliphatic carbocycles. The second kappa shape index (κ2) is 7.14. The molecule has 0 fully saturated rings. The number of aromatic nitrogens is 4. The van der Waals surface area contributed by atoms with E-state index in [2.05, 4.69) is 25.1 Å². The number of hydrogen-bond donors (Lipinski definition) is 1. The number of halogens is 2. The molecular formula is C13H7Cl2N5OS2. The van der Waals surface area contributed by atoms with Crippen LogP contribution in [0.3, 0.4) is 0 Å². The number of nitrogens with one attached hydrogen (secondary N) is 1. The van der Waals surface area contributed by atoms with Gasteiger partial charge in [0.25, 0.3) is 5.91 Å². The van der Waals surface area contributed by atoms with Gasteiger partial charge in [-0.05, 0) is 41.9 Å². The Labute approximate surface area is 149 Å².